The molecule has 1 aromatic heterocycles. The average molecular weight is 297 g/mol. The van der Waals surface area contributed by atoms with Crippen molar-refractivity contribution in [2.75, 3.05) is 19.6 Å². The number of likely N-dealkylation sites (N-methyl/N-ethyl adjacent to an activating group) is 1. The van der Waals surface area contributed by atoms with Crippen molar-refractivity contribution in [3.63, 3.8) is 0 Å². The summed E-state index contributed by atoms with van der Waals surface area (Å²) in [5, 5.41) is 3.81. The summed E-state index contributed by atoms with van der Waals surface area (Å²) in [7, 11) is 0. The van der Waals surface area contributed by atoms with Crippen LogP contribution in [0.4, 0.5) is 0 Å². The fourth-order valence-corrected chi connectivity index (χ4v) is 4.18. The normalized spacial score (nSPS) is 16.4. The smallest absolute Gasteiger partial charge is 0.0599 e. The molecular weight excluding hydrogens is 264 g/mol. The molecule has 2 atom stereocenters. The van der Waals surface area contributed by atoms with Crippen LogP contribution >= 0.6 is 11.3 Å². The highest BCUT2D eigenvalue weighted by Crippen LogP contribution is 2.37. The van der Waals surface area contributed by atoms with E-state index in [9.17, 15) is 0 Å². The Morgan fingerprint density at radius 3 is 2.25 bits per heavy atom. The Morgan fingerprint density at radius 1 is 1.20 bits per heavy atom. The van der Waals surface area contributed by atoms with Crippen LogP contribution in [0.25, 0.3) is 0 Å². The molecule has 2 nitrogen and oxygen atoms in total. The Bertz CT molecular complexity index is 384. The first-order valence-electron chi connectivity index (χ1n) is 8.08. The second-order valence-corrected chi connectivity index (χ2v) is 7.04. The molecule has 1 N–H and O–H groups in total. The van der Waals surface area contributed by atoms with Crippen LogP contribution in [0.15, 0.2) is 12.1 Å². The molecule has 0 aliphatic heterocycles. The van der Waals surface area contributed by atoms with Crippen LogP contribution in [0.3, 0.4) is 0 Å². The second kappa shape index (κ2) is 8.16. The van der Waals surface area contributed by atoms with Gasteiger partial charge in [-0.25, -0.2) is 0 Å². The lowest BCUT2D eigenvalue weighted by Crippen LogP contribution is -2.54. The molecule has 0 saturated carbocycles. The monoisotopic (exact) mass is 296 g/mol. The number of aryl methyl sites for hydroxylation is 1. The van der Waals surface area contributed by atoms with Gasteiger partial charge in [-0.05, 0) is 58.5 Å². The topological polar surface area (TPSA) is 15.3 Å². The minimum atomic E-state index is 0.177. The van der Waals surface area contributed by atoms with Gasteiger partial charge < -0.3 is 5.32 Å². The summed E-state index contributed by atoms with van der Waals surface area (Å²) >= 11 is 1.94. The summed E-state index contributed by atoms with van der Waals surface area (Å²) in [5.74, 6) is 0. The van der Waals surface area contributed by atoms with Crippen LogP contribution in [0.5, 0.6) is 0 Å². The van der Waals surface area contributed by atoms with E-state index in [-0.39, 0.29) is 5.54 Å². The van der Waals surface area contributed by atoms with Gasteiger partial charge in [0.1, 0.15) is 0 Å². The highest BCUT2D eigenvalue weighted by molar-refractivity contribution is 7.12. The maximum atomic E-state index is 3.81. The van der Waals surface area contributed by atoms with E-state index >= 15 is 0 Å². The van der Waals surface area contributed by atoms with E-state index < -0.39 is 0 Å². The lowest BCUT2D eigenvalue weighted by molar-refractivity contribution is 0.0711. The SMILES string of the molecule is CCCNC(c1ccc(C)s1)C(C)(CC)N(CC)CC. The molecule has 20 heavy (non-hydrogen) atoms. The summed E-state index contributed by atoms with van der Waals surface area (Å²) in [4.78, 5) is 5.49. The summed E-state index contributed by atoms with van der Waals surface area (Å²) < 4.78 is 0. The zero-order valence-corrected chi connectivity index (χ0v) is 14.9. The molecular formula is C17H32N2S. The van der Waals surface area contributed by atoms with Crippen molar-refractivity contribution in [2.45, 2.75) is 66.0 Å². The molecule has 2 unspecified atom stereocenters. The zero-order chi connectivity index (χ0) is 15.2. The van der Waals surface area contributed by atoms with Gasteiger partial charge in [0.25, 0.3) is 0 Å². The number of hydrogen-bond acceptors (Lipinski definition) is 3. The van der Waals surface area contributed by atoms with Gasteiger partial charge in [0.2, 0.25) is 0 Å². The molecule has 1 heterocycles. The van der Waals surface area contributed by atoms with Crippen molar-refractivity contribution < 1.29 is 0 Å². The fraction of sp³-hybridized carbons (Fsp3) is 0.765. The van der Waals surface area contributed by atoms with Crippen LogP contribution in [-0.4, -0.2) is 30.1 Å². The van der Waals surface area contributed by atoms with Crippen LogP contribution in [0.1, 0.15) is 63.3 Å². The Morgan fingerprint density at radius 2 is 1.85 bits per heavy atom. The fourth-order valence-electron chi connectivity index (χ4n) is 3.08. The maximum absolute atomic E-state index is 3.81. The van der Waals surface area contributed by atoms with Gasteiger partial charge in [0.15, 0.2) is 0 Å². The Kier molecular flexibility index (Phi) is 7.21. The van der Waals surface area contributed by atoms with Crippen LogP contribution < -0.4 is 5.32 Å². The van der Waals surface area contributed by atoms with E-state index in [2.05, 4.69) is 63.9 Å². The van der Waals surface area contributed by atoms with Crippen molar-refractivity contribution in [3.05, 3.63) is 21.9 Å². The van der Waals surface area contributed by atoms with Gasteiger partial charge >= 0.3 is 0 Å². The van der Waals surface area contributed by atoms with E-state index in [1.165, 1.54) is 16.2 Å². The van der Waals surface area contributed by atoms with Gasteiger partial charge in [-0.15, -0.1) is 11.3 Å². The molecule has 0 radical (unpaired) electrons. The van der Waals surface area contributed by atoms with Gasteiger partial charge in [0, 0.05) is 15.3 Å². The zero-order valence-electron chi connectivity index (χ0n) is 14.1. The summed E-state index contributed by atoms with van der Waals surface area (Å²) in [6.45, 7) is 17.0. The number of hydrogen-bond donors (Lipinski definition) is 1. The predicted molar refractivity (Wildman–Crippen MR) is 91.7 cm³/mol. The molecule has 0 fully saturated rings. The number of nitrogens with zero attached hydrogens (tertiary/aromatic N) is 1. The lowest BCUT2D eigenvalue weighted by Gasteiger charge is -2.46. The molecule has 0 aromatic carbocycles. The van der Waals surface area contributed by atoms with Crippen LogP contribution in [0.2, 0.25) is 0 Å². The molecule has 3 heteroatoms. The molecule has 0 aliphatic rings. The van der Waals surface area contributed by atoms with Gasteiger partial charge in [-0.3, -0.25) is 4.90 Å². The second-order valence-electron chi connectivity index (χ2n) is 5.72. The number of thiophene rings is 1. The standard InChI is InChI=1S/C17H32N2S/c1-7-13-18-16(15-12-11-14(5)20-15)17(6,8-2)19(9-3)10-4/h11-12,16,18H,7-10,13H2,1-6H3. The van der Waals surface area contributed by atoms with E-state index in [0.717, 1.165) is 26.1 Å². The molecule has 1 aromatic rings. The predicted octanol–water partition coefficient (Wildman–Crippen LogP) is 4.61. The van der Waals surface area contributed by atoms with Crippen molar-refractivity contribution in [2.24, 2.45) is 0 Å². The van der Waals surface area contributed by atoms with E-state index in [1.54, 1.807) is 0 Å². The highest BCUT2D eigenvalue weighted by atomic mass is 32.1. The maximum Gasteiger partial charge on any atom is 0.0599 e. The van der Waals surface area contributed by atoms with Crippen LogP contribution in [0, 0.1) is 6.92 Å². The first-order valence-corrected chi connectivity index (χ1v) is 8.89. The average Bonchev–Trinajstić information content (AvgIpc) is 2.86. The highest BCUT2D eigenvalue weighted by Gasteiger charge is 2.38. The lowest BCUT2D eigenvalue weighted by atomic mass is 9.86. The van der Waals surface area contributed by atoms with Crippen molar-refractivity contribution in [1.82, 2.24) is 10.2 Å². The minimum absolute atomic E-state index is 0.177. The van der Waals surface area contributed by atoms with E-state index in [0.29, 0.717) is 6.04 Å². The molecule has 116 valence electrons. The van der Waals surface area contributed by atoms with Gasteiger partial charge in [-0.1, -0.05) is 27.7 Å². The third-order valence-electron chi connectivity index (χ3n) is 4.47. The van der Waals surface area contributed by atoms with Crippen molar-refractivity contribution in [1.29, 1.82) is 0 Å². The Balaban J connectivity index is 3.11. The van der Waals surface area contributed by atoms with E-state index in [1.807, 2.05) is 11.3 Å². The summed E-state index contributed by atoms with van der Waals surface area (Å²) in [6.07, 6.45) is 2.34. The van der Waals surface area contributed by atoms with E-state index in [4.69, 9.17) is 0 Å². The Labute approximate surface area is 129 Å². The quantitative estimate of drug-likeness (QED) is 0.716. The number of nitrogens with one attached hydrogen (secondary N) is 1. The molecule has 0 spiro atoms. The first kappa shape index (κ1) is 17.7. The minimum Gasteiger partial charge on any atom is -0.308 e. The molecule has 1 rings (SSSR count). The Hall–Kier alpha value is -0.380. The van der Waals surface area contributed by atoms with Gasteiger partial charge in [-0.2, -0.15) is 0 Å². The third kappa shape index (κ3) is 3.84. The van der Waals surface area contributed by atoms with Gasteiger partial charge in [0.05, 0.1) is 6.04 Å². The summed E-state index contributed by atoms with van der Waals surface area (Å²) in [5.41, 5.74) is 0.177. The van der Waals surface area contributed by atoms with Crippen molar-refractivity contribution >= 4 is 11.3 Å². The molecule has 0 amide bonds. The van der Waals surface area contributed by atoms with Crippen molar-refractivity contribution in [3.8, 4) is 0 Å². The first-order chi connectivity index (χ1) is 9.53. The third-order valence-corrected chi connectivity index (χ3v) is 5.53. The summed E-state index contributed by atoms with van der Waals surface area (Å²) in [6, 6.07) is 4.98. The van der Waals surface area contributed by atoms with Crippen LogP contribution in [-0.2, 0) is 0 Å². The largest absolute Gasteiger partial charge is 0.308 e. The molecule has 0 bridgehead atoms. The molecule has 0 saturated heterocycles. The molecule has 0 aliphatic carbocycles. The number of rotatable bonds is 9.